The number of ether oxygens (including phenoxy) is 3. The van der Waals surface area contributed by atoms with Crippen molar-refractivity contribution >= 4 is 33.7 Å². The zero-order valence-corrected chi connectivity index (χ0v) is 26.5. The van der Waals surface area contributed by atoms with E-state index in [2.05, 4.69) is 19.7 Å². The summed E-state index contributed by atoms with van der Waals surface area (Å²) in [5.41, 5.74) is 1.42. The number of nitrogens with zero attached hydrogens (tertiary/aromatic N) is 5. The van der Waals surface area contributed by atoms with Crippen LogP contribution in [0.2, 0.25) is 0 Å². The van der Waals surface area contributed by atoms with Crippen LogP contribution in [0.3, 0.4) is 0 Å². The molecule has 0 radical (unpaired) electrons. The van der Waals surface area contributed by atoms with Crippen LogP contribution in [0.25, 0.3) is 11.3 Å². The highest BCUT2D eigenvalue weighted by molar-refractivity contribution is 7.92. The van der Waals surface area contributed by atoms with E-state index >= 15 is 0 Å². The molecule has 2 atom stereocenters. The molecule has 1 fully saturated rings. The minimum Gasteiger partial charge on any atom is -0.472 e. The van der Waals surface area contributed by atoms with Crippen LogP contribution < -0.4 is 9.46 Å². The molecule has 1 aromatic carbocycles. The molecule has 1 saturated heterocycles. The first kappa shape index (κ1) is 33.0. The summed E-state index contributed by atoms with van der Waals surface area (Å²) < 4.78 is 45.4. The molecule has 1 amide bonds. The van der Waals surface area contributed by atoms with Crippen LogP contribution in [0.5, 0.6) is 5.88 Å². The van der Waals surface area contributed by atoms with E-state index in [9.17, 15) is 28.1 Å². The standard InChI is InChI=1S/C29H34N6O9S/c1-17-8-7-9-18(2)25(17)23-12-24(32-27(31-23)33-45(40,41)22-11-20(35(38)39)13-30-14-22)43-21-10-19(26(36)42-6)15-34(16-21)28(37)44-29(3,4)5/h7-9,11-14,19,21H,10,15-16H2,1-6H3,(H,31,32,33). The summed E-state index contributed by atoms with van der Waals surface area (Å²) in [5, 5.41) is 11.2. The number of carbonyl (C=O) groups excluding carboxylic acids is 2. The van der Waals surface area contributed by atoms with Gasteiger partial charge in [-0.25, -0.2) is 22.9 Å². The summed E-state index contributed by atoms with van der Waals surface area (Å²) in [5.74, 6) is -1.67. The molecule has 3 heterocycles. The Kier molecular flexibility index (Phi) is 9.56. The van der Waals surface area contributed by atoms with Gasteiger partial charge in [-0.3, -0.25) is 19.9 Å². The lowest BCUT2D eigenvalue weighted by Gasteiger charge is -2.37. The van der Waals surface area contributed by atoms with Gasteiger partial charge in [0.25, 0.3) is 15.7 Å². The molecule has 1 aliphatic heterocycles. The highest BCUT2D eigenvalue weighted by Crippen LogP contribution is 2.31. The molecule has 0 bridgehead atoms. The van der Waals surface area contributed by atoms with E-state index in [1.807, 2.05) is 32.0 Å². The Labute approximate surface area is 260 Å². The smallest absolute Gasteiger partial charge is 0.410 e. The summed E-state index contributed by atoms with van der Waals surface area (Å²) in [7, 11) is -3.18. The van der Waals surface area contributed by atoms with Crippen molar-refractivity contribution in [2.75, 3.05) is 24.9 Å². The van der Waals surface area contributed by atoms with E-state index in [1.165, 1.54) is 18.1 Å². The number of likely N-dealkylation sites (tertiary alicyclic amines) is 1. The molecule has 16 heteroatoms. The van der Waals surface area contributed by atoms with Gasteiger partial charge in [-0.2, -0.15) is 4.98 Å². The summed E-state index contributed by atoms with van der Waals surface area (Å²) >= 11 is 0. The fourth-order valence-corrected chi connectivity index (χ4v) is 5.76. The lowest BCUT2D eigenvalue weighted by atomic mass is 9.96. The van der Waals surface area contributed by atoms with Gasteiger partial charge in [0.1, 0.15) is 22.8 Å². The van der Waals surface area contributed by atoms with Crippen LogP contribution in [0.15, 0.2) is 47.6 Å². The van der Waals surface area contributed by atoms with Crippen LogP contribution in [0.4, 0.5) is 16.4 Å². The monoisotopic (exact) mass is 642 g/mol. The van der Waals surface area contributed by atoms with Crippen LogP contribution in [0.1, 0.15) is 38.3 Å². The van der Waals surface area contributed by atoms with Crippen molar-refractivity contribution in [3.05, 3.63) is 64.0 Å². The first-order valence-corrected chi connectivity index (χ1v) is 15.3. The van der Waals surface area contributed by atoms with Crippen molar-refractivity contribution in [3.63, 3.8) is 0 Å². The normalized spacial score (nSPS) is 16.9. The third-order valence-corrected chi connectivity index (χ3v) is 8.07. The Bertz CT molecular complexity index is 1710. The highest BCUT2D eigenvalue weighted by atomic mass is 32.2. The van der Waals surface area contributed by atoms with E-state index in [1.54, 1.807) is 20.8 Å². The van der Waals surface area contributed by atoms with Crippen molar-refractivity contribution < 1.29 is 37.1 Å². The quantitative estimate of drug-likeness (QED) is 0.211. The number of pyridine rings is 1. The Morgan fingerprint density at radius 2 is 1.78 bits per heavy atom. The second kappa shape index (κ2) is 13.0. The molecule has 2 unspecified atom stereocenters. The van der Waals surface area contributed by atoms with E-state index < -0.39 is 55.2 Å². The number of sulfonamides is 1. The molecule has 4 rings (SSSR count). The number of amides is 1. The van der Waals surface area contributed by atoms with E-state index in [0.717, 1.165) is 29.6 Å². The number of hydrogen-bond donors (Lipinski definition) is 1. The Morgan fingerprint density at radius 1 is 1.09 bits per heavy atom. The van der Waals surface area contributed by atoms with Crippen LogP contribution in [-0.2, 0) is 24.3 Å². The second-order valence-corrected chi connectivity index (χ2v) is 13.2. The van der Waals surface area contributed by atoms with Gasteiger partial charge in [-0.05, 0) is 45.7 Å². The number of rotatable bonds is 8. The van der Waals surface area contributed by atoms with Crippen LogP contribution >= 0.6 is 0 Å². The molecule has 15 nitrogen and oxygen atoms in total. The Balaban J connectivity index is 1.73. The molecule has 2 aromatic heterocycles. The van der Waals surface area contributed by atoms with Gasteiger partial charge in [-0.1, -0.05) is 18.2 Å². The number of piperidine rings is 1. The second-order valence-electron chi connectivity index (χ2n) is 11.5. The van der Waals surface area contributed by atoms with Crippen molar-refractivity contribution in [2.45, 2.75) is 57.6 Å². The lowest BCUT2D eigenvalue weighted by molar-refractivity contribution is -0.385. The number of nitrogens with one attached hydrogen (secondary N) is 1. The fourth-order valence-electron chi connectivity index (χ4n) is 4.83. The molecule has 0 spiro atoms. The maximum absolute atomic E-state index is 13.2. The predicted octanol–water partition coefficient (Wildman–Crippen LogP) is 4.04. The molecule has 0 aliphatic carbocycles. The van der Waals surface area contributed by atoms with Gasteiger partial charge in [0, 0.05) is 36.9 Å². The summed E-state index contributed by atoms with van der Waals surface area (Å²) in [6, 6.07) is 7.99. The zero-order valence-electron chi connectivity index (χ0n) is 25.6. The minimum atomic E-state index is -4.43. The Morgan fingerprint density at radius 3 is 2.40 bits per heavy atom. The first-order valence-electron chi connectivity index (χ1n) is 13.9. The molecule has 1 N–H and O–H groups in total. The minimum absolute atomic E-state index is 0.0443. The van der Waals surface area contributed by atoms with Crippen molar-refractivity contribution in [2.24, 2.45) is 5.92 Å². The first-order chi connectivity index (χ1) is 21.1. The number of aromatic nitrogens is 3. The van der Waals surface area contributed by atoms with Gasteiger partial charge in [0.2, 0.25) is 11.8 Å². The number of hydrogen-bond acceptors (Lipinski definition) is 12. The van der Waals surface area contributed by atoms with Crippen LogP contribution in [0, 0.1) is 29.9 Å². The van der Waals surface area contributed by atoms with Gasteiger partial charge in [-0.15, -0.1) is 0 Å². The van der Waals surface area contributed by atoms with Crippen molar-refractivity contribution in [1.82, 2.24) is 19.9 Å². The summed E-state index contributed by atoms with van der Waals surface area (Å²) in [4.78, 5) is 49.2. The van der Waals surface area contributed by atoms with E-state index in [4.69, 9.17) is 14.2 Å². The zero-order chi connectivity index (χ0) is 33.1. The molecule has 0 saturated carbocycles. The van der Waals surface area contributed by atoms with Crippen LogP contribution in [-0.4, -0.2) is 77.2 Å². The fraction of sp³-hybridized carbons (Fsp3) is 0.414. The molecule has 3 aromatic rings. The predicted molar refractivity (Wildman–Crippen MR) is 161 cm³/mol. The number of aryl methyl sites for hydroxylation is 2. The molecule has 45 heavy (non-hydrogen) atoms. The average Bonchev–Trinajstić information content (AvgIpc) is 2.95. The molecule has 240 valence electrons. The van der Waals surface area contributed by atoms with Gasteiger partial charge < -0.3 is 19.1 Å². The van der Waals surface area contributed by atoms with Crippen molar-refractivity contribution in [3.8, 4) is 17.1 Å². The molecular weight excluding hydrogens is 608 g/mol. The number of carbonyl (C=O) groups is 2. The third kappa shape index (κ3) is 8.20. The number of nitro groups is 1. The largest absolute Gasteiger partial charge is 0.472 e. The summed E-state index contributed by atoms with van der Waals surface area (Å²) in [6.45, 7) is 9.01. The average molecular weight is 643 g/mol. The molecule has 1 aliphatic rings. The van der Waals surface area contributed by atoms with Crippen molar-refractivity contribution in [1.29, 1.82) is 0 Å². The number of esters is 1. The topological polar surface area (TPSA) is 193 Å². The van der Waals surface area contributed by atoms with Gasteiger partial charge >= 0.3 is 12.1 Å². The maximum atomic E-state index is 13.2. The SMILES string of the molecule is COC(=O)C1CC(Oc2cc(-c3c(C)cccc3C)nc(NS(=O)(=O)c3cncc([N+](=O)[O-])c3)n2)CN(C(=O)OC(C)(C)C)C1. The summed E-state index contributed by atoms with van der Waals surface area (Å²) in [6.07, 6.45) is 0.663. The van der Waals surface area contributed by atoms with E-state index in [0.29, 0.717) is 11.3 Å². The maximum Gasteiger partial charge on any atom is 0.410 e. The third-order valence-electron chi connectivity index (χ3n) is 6.77. The number of anilines is 1. The highest BCUT2D eigenvalue weighted by Gasteiger charge is 2.37. The lowest BCUT2D eigenvalue weighted by Crippen LogP contribution is -2.51. The van der Waals surface area contributed by atoms with Gasteiger partial charge in [0.05, 0.1) is 30.2 Å². The number of methoxy groups -OCH3 is 1. The Hall–Kier alpha value is -4.86. The number of benzene rings is 1. The van der Waals surface area contributed by atoms with E-state index in [-0.39, 0.29) is 31.3 Å². The van der Waals surface area contributed by atoms with Gasteiger partial charge in [0.15, 0.2) is 0 Å². The molecular formula is C29H34N6O9S.